The molecule has 0 bridgehead atoms. The average Bonchev–Trinajstić information content (AvgIpc) is 2.39. The van der Waals surface area contributed by atoms with Crippen LogP contribution < -0.4 is 0 Å². The third-order valence-electron chi connectivity index (χ3n) is 3.94. The van der Waals surface area contributed by atoms with Gasteiger partial charge in [0.2, 0.25) is 0 Å². The Labute approximate surface area is 135 Å². The first-order valence-electron chi connectivity index (χ1n) is 8.38. The second kappa shape index (κ2) is 9.86. The van der Waals surface area contributed by atoms with Crippen LogP contribution in [0.25, 0.3) is 0 Å². The van der Waals surface area contributed by atoms with Gasteiger partial charge in [-0.1, -0.05) is 48.5 Å². The molecule has 0 rings (SSSR count). The lowest BCUT2D eigenvalue weighted by atomic mass is 9.74. The molecule has 0 aromatic carbocycles. The largest absolute Gasteiger partial charge is 0.465 e. The maximum absolute atomic E-state index is 11.8. The van der Waals surface area contributed by atoms with Crippen molar-refractivity contribution < 1.29 is 19.1 Å². The second-order valence-electron chi connectivity index (χ2n) is 7.64. The van der Waals surface area contributed by atoms with Gasteiger partial charge in [0.05, 0.1) is 26.1 Å². The fourth-order valence-corrected chi connectivity index (χ4v) is 2.25. The predicted octanol–water partition coefficient (Wildman–Crippen LogP) is 4.22. The Balaban J connectivity index is 4.17. The third kappa shape index (κ3) is 9.06. The fourth-order valence-electron chi connectivity index (χ4n) is 2.25. The van der Waals surface area contributed by atoms with Crippen LogP contribution in [0.15, 0.2) is 0 Å². The Hall–Kier alpha value is -1.06. The Morgan fingerprint density at radius 1 is 0.864 bits per heavy atom. The van der Waals surface area contributed by atoms with Crippen molar-refractivity contribution in [3.8, 4) is 0 Å². The van der Waals surface area contributed by atoms with Crippen LogP contribution in [0.3, 0.4) is 0 Å². The monoisotopic (exact) mass is 314 g/mol. The highest BCUT2D eigenvalue weighted by atomic mass is 16.5. The first-order chi connectivity index (χ1) is 10.1. The standard InChI is InChI=1S/C18H34O4/c1-13(2)10-18(7,15(5)6)12-22-17(20)9-8-16(19)21-11-14(3)4/h13-15H,8-12H2,1-7H3. The summed E-state index contributed by atoms with van der Waals surface area (Å²) in [4.78, 5) is 23.3. The zero-order valence-corrected chi connectivity index (χ0v) is 15.4. The van der Waals surface area contributed by atoms with Gasteiger partial charge in [0.1, 0.15) is 0 Å². The van der Waals surface area contributed by atoms with Crippen molar-refractivity contribution in [3.63, 3.8) is 0 Å². The lowest BCUT2D eigenvalue weighted by Gasteiger charge is -2.34. The van der Waals surface area contributed by atoms with E-state index < -0.39 is 0 Å². The first-order valence-corrected chi connectivity index (χ1v) is 8.38. The van der Waals surface area contributed by atoms with Gasteiger partial charge in [-0.25, -0.2) is 0 Å². The lowest BCUT2D eigenvalue weighted by molar-refractivity contribution is -0.153. The first kappa shape index (κ1) is 20.9. The minimum atomic E-state index is -0.334. The zero-order valence-electron chi connectivity index (χ0n) is 15.4. The van der Waals surface area contributed by atoms with E-state index in [1.54, 1.807) is 0 Å². The van der Waals surface area contributed by atoms with Gasteiger partial charge in [-0.2, -0.15) is 0 Å². The highest BCUT2D eigenvalue weighted by Crippen LogP contribution is 2.34. The van der Waals surface area contributed by atoms with E-state index in [-0.39, 0.29) is 30.2 Å². The summed E-state index contributed by atoms with van der Waals surface area (Å²) in [7, 11) is 0. The summed E-state index contributed by atoms with van der Waals surface area (Å²) >= 11 is 0. The average molecular weight is 314 g/mol. The molecule has 1 unspecified atom stereocenters. The maximum atomic E-state index is 11.8. The molecule has 4 heteroatoms. The molecule has 0 aliphatic carbocycles. The number of carbonyl (C=O) groups is 2. The van der Waals surface area contributed by atoms with Crippen LogP contribution in [0.2, 0.25) is 0 Å². The molecule has 22 heavy (non-hydrogen) atoms. The van der Waals surface area contributed by atoms with Gasteiger partial charge >= 0.3 is 11.9 Å². The van der Waals surface area contributed by atoms with Crippen LogP contribution in [-0.4, -0.2) is 25.2 Å². The molecule has 0 amide bonds. The minimum Gasteiger partial charge on any atom is -0.465 e. The van der Waals surface area contributed by atoms with Gasteiger partial charge in [0.25, 0.3) is 0 Å². The normalized spacial score (nSPS) is 14.3. The number of esters is 2. The van der Waals surface area contributed by atoms with Crippen LogP contribution in [0.5, 0.6) is 0 Å². The molecule has 0 radical (unpaired) electrons. The van der Waals surface area contributed by atoms with E-state index in [1.165, 1.54) is 0 Å². The summed E-state index contributed by atoms with van der Waals surface area (Å²) in [6.45, 7) is 15.6. The molecule has 130 valence electrons. The molecular weight excluding hydrogens is 280 g/mol. The predicted molar refractivity (Wildman–Crippen MR) is 88.4 cm³/mol. The quantitative estimate of drug-likeness (QED) is 0.567. The summed E-state index contributed by atoms with van der Waals surface area (Å²) in [5.74, 6) is 0.631. The van der Waals surface area contributed by atoms with E-state index in [0.29, 0.717) is 31.0 Å². The topological polar surface area (TPSA) is 52.6 Å². The molecule has 0 aromatic heterocycles. The van der Waals surface area contributed by atoms with Crippen molar-refractivity contribution >= 4 is 11.9 Å². The molecule has 0 spiro atoms. The summed E-state index contributed by atoms with van der Waals surface area (Å²) in [5, 5.41) is 0. The Morgan fingerprint density at radius 3 is 1.77 bits per heavy atom. The van der Waals surface area contributed by atoms with Crippen molar-refractivity contribution in [2.45, 2.75) is 67.7 Å². The number of ether oxygens (including phenoxy) is 2. The number of rotatable bonds is 10. The van der Waals surface area contributed by atoms with Crippen molar-refractivity contribution in [2.24, 2.45) is 23.2 Å². The van der Waals surface area contributed by atoms with Crippen LogP contribution >= 0.6 is 0 Å². The van der Waals surface area contributed by atoms with E-state index >= 15 is 0 Å². The van der Waals surface area contributed by atoms with Crippen molar-refractivity contribution in [2.75, 3.05) is 13.2 Å². The molecule has 0 fully saturated rings. The van der Waals surface area contributed by atoms with Gasteiger partial charge in [-0.05, 0) is 24.2 Å². The molecule has 0 aliphatic rings. The van der Waals surface area contributed by atoms with Crippen molar-refractivity contribution in [1.82, 2.24) is 0 Å². The van der Waals surface area contributed by atoms with E-state index in [1.807, 2.05) is 13.8 Å². The smallest absolute Gasteiger partial charge is 0.306 e. The molecule has 0 saturated carbocycles. The van der Waals surface area contributed by atoms with Crippen molar-refractivity contribution in [3.05, 3.63) is 0 Å². The van der Waals surface area contributed by atoms with E-state index in [0.717, 1.165) is 6.42 Å². The molecule has 0 aliphatic heterocycles. The van der Waals surface area contributed by atoms with E-state index in [4.69, 9.17) is 9.47 Å². The second-order valence-corrected chi connectivity index (χ2v) is 7.64. The summed E-state index contributed by atoms with van der Waals surface area (Å²) < 4.78 is 10.4. The highest BCUT2D eigenvalue weighted by Gasteiger charge is 2.31. The van der Waals surface area contributed by atoms with Gasteiger partial charge in [-0.3, -0.25) is 9.59 Å². The third-order valence-corrected chi connectivity index (χ3v) is 3.94. The maximum Gasteiger partial charge on any atom is 0.306 e. The minimum absolute atomic E-state index is 0.0258. The SMILES string of the molecule is CC(C)COC(=O)CCC(=O)OCC(C)(CC(C)C)C(C)C. The molecule has 4 nitrogen and oxygen atoms in total. The molecule has 0 saturated heterocycles. The molecule has 0 aromatic rings. The zero-order chi connectivity index (χ0) is 17.3. The van der Waals surface area contributed by atoms with E-state index in [9.17, 15) is 9.59 Å². The Morgan fingerprint density at radius 2 is 1.36 bits per heavy atom. The van der Waals surface area contributed by atoms with Gasteiger partial charge < -0.3 is 9.47 Å². The lowest BCUT2D eigenvalue weighted by Crippen LogP contribution is -2.32. The highest BCUT2D eigenvalue weighted by molar-refractivity contribution is 5.77. The molecule has 0 heterocycles. The number of hydrogen-bond donors (Lipinski definition) is 0. The van der Waals surface area contributed by atoms with Crippen LogP contribution in [0.1, 0.15) is 67.7 Å². The van der Waals surface area contributed by atoms with E-state index in [2.05, 4.69) is 34.6 Å². The number of carbonyl (C=O) groups excluding carboxylic acids is 2. The van der Waals surface area contributed by atoms with Crippen LogP contribution in [0.4, 0.5) is 0 Å². The summed E-state index contributed by atoms with van der Waals surface area (Å²) in [5.41, 5.74) is -0.0258. The Kier molecular flexibility index (Phi) is 9.38. The Bertz CT molecular complexity index is 347. The number of hydrogen-bond acceptors (Lipinski definition) is 4. The van der Waals surface area contributed by atoms with Crippen molar-refractivity contribution in [1.29, 1.82) is 0 Å². The summed E-state index contributed by atoms with van der Waals surface area (Å²) in [6, 6.07) is 0. The molecule has 1 atom stereocenters. The molecule has 0 N–H and O–H groups in total. The summed E-state index contributed by atoms with van der Waals surface area (Å²) in [6.07, 6.45) is 1.19. The van der Waals surface area contributed by atoms with Gasteiger partial charge in [0, 0.05) is 5.41 Å². The van der Waals surface area contributed by atoms with Gasteiger partial charge in [-0.15, -0.1) is 0 Å². The fraction of sp³-hybridized carbons (Fsp3) is 0.889. The van der Waals surface area contributed by atoms with Crippen LogP contribution in [-0.2, 0) is 19.1 Å². The molecular formula is C18H34O4. The van der Waals surface area contributed by atoms with Gasteiger partial charge in [0.15, 0.2) is 0 Å². The van der Waals surface area contributed by atoms with Crippen LogP contribution in [0, 0.1) is 23.2 Å².